The van der Waals surface area contributed by atoms with Crippen molar-refractivity contribution in [2.75, 3.05) is 34.0 Å². The van der Waals surface area contributed by atoms with Gasteiger partial charge in [0.15, 0.2) is 0 Å². The molecule has 166 valence electrons. The van der Waals surface area contributed by atoms with Gasteiger partial charge in [-0.3, -0.25) is 4.90 Å². The summed E-state index contributed by atoms with van der Waals surface area (Å²) in [7, 11) is -0.0458. The van der Waals surface area contributed by atoms with E-state index in [1.165, 1.54) is 12.8 Å². The average Bonchev–Trinajstić information content (AvgIpc) is 2.92. The van der Waals surface area contributed by atoms with E-state index in [0.29, 0.717) is 32.3 Å². The van der Waals surface area contributed by atoms with E-state index in [0.717, 1.165) is 57.2 Å². The van der Waals surface area contributed by atoms with E-state index in [9.17, 15) is 8.42 Å². The average molecular weight is 428 g/mol. The predicted molar refractivity (Wildman–Crippen MR) is 113 cm³/mol. The molecule has 1 aromatic heterocycles. The molecule has 0 spiro atoms. The SMILES string of the molecule is COCCn1c(CN2CCCCC2COC)cnc1S(=O)(=O)C1CCCCCC1. The number of imidazole rings is 1. The fourth-order valence-electron chi connectivity index (χ4n) is 4.73. The van der Waals surface area contributed by atoms with Crippen LogP contribution in [0.4, 0.5) is 0 Å². The summed E-state index contributed by atoms with van der Waals surface area (Å²) in [6.45, 7) is 3.40. The first-order valence-corrected chi connectivity index (χ1v) is 12.6. The number of rotatable bonds is 9. The molecule has 1 saturated heterocycles. The van der Waals surface area contributed by atoms with Gasteiger partial charge in [0, 0.05) is 33.4 Å². The molecule has 0 radical (unpaired) electrons. The van der Waals surface area contributed by atoms with Gasteiger partial charge in [-0.2, -0.15) is 0 Å². The summed E-state index contributed by atoms with van der Waals surface area (Å²) in [4.78, 5) is 6.86. The molecule has 1 saturated carbocycles. The second-order valence-electron chi connectivity index (χ2n) is 8.41. The van der Waals surface area contributed by atoms with Crippen molar-refractivity contribution in [1.29, 1.82) is 0 Å². The molecule has 8 heteroatoms. The number of aromatic nitrogens is 2. The second kappa shape index (κ2) is 10.9. The monoisotopic (exact) mass is 427 g/mol. The van der Waals surface area contributed by atoms with Crippen molar-refractivity contribution in [3.63, 3.8) is 0 Å². The van der Waals surface area contributed by atoms with Crippen LogP contribution in [0.5, 0.6) is 0 Å². The molecule has 29 heavy (non-hydrogen) atoms. The Morgan fingerprint density at radius 1 is 1.03 bits per heavy atom. The van der Waals surface area contributed by atoms with Gasteiger partial charge >= 0.3 is 0 Å². The van der Waals surface area contributed by atoms with E-state index >= 15 is 0 Å². The highest BCUT2D eigenvalue weighted by atomic mass is 32.2. The Morgan fingerprint density at radius 2 is 1.76 bits per heavy atom. The largest absolute Gasteiger partial charge is 0.383 e. The fraction of sp³-hybridized carbons (Fsp3) is 0.857. The van der Waals surface area contributed by atoms with Crippen molar-refractivity contribution in [3.05, 3.63) is 11.9 Å². The maximum absolute atomic E-state index is 13.4. The van der Waals surface area contributed by atoms with Crippen LogP contribution in [0.1, 0.15) is 63.5 Å². The Kier molecular flexibility index (Phi) is 8.53. The lowest BCUT2D eigenvalue weighted by atomic mass is 10.0. The summed E-state index contributed by atoms with van der Waals surface area (Å²) in [5, 5.41) is -0.0745. The quantitative estimate of drug-likeness (QED) is 0.564. The number of piperidine rings is 1. The highest BCUT2D eigenvalue weighted by Crippen LogP contribution is 2.29. The van der Waals surface area contributed by atoms with Crippen LogP contribution in [0.25, 0.3) is 0 Å². The van der Waals surface area contributed by atoms with E-state index in [2.05, 4.69) is 9.88 Å². The van der Waals surface area contributed by atoms with Gasteiger partial charge in [-0.15, -0.1) is 0 Å². The van der Waals surface area contributed by atoms with Crippen molar-refractivity contribution in [1.82, 2.24) is 14.5 Å². The Labute approximate surface area is 175 Å². The van der Waals surface area contributed by atoms with Gasteiger partial charge in [0.1, 0.15) is 0 Å². The smallest absolute Gasteiger partial charge is 0.228 e. The van der Waals surface area contributed by atoms with E-state index in [-0.39, 0.29) is 10.4 Å². The highest BCUT2D eigenvalue weighted by molar-refractivity contribution is 7.91. The number of methoxy groups -OCH3 is 2. The van der Waals surface area contributed by atoms with Crippen molar-refractivity contribution in [2.45, 2.75) is 87.3 Å². The third-order valence-electron chi connectivity index (χ3n) is 6.39. The van der Waals surface area contributed by atoms with Crippen LogP contribution in [-0.2, 0) is 32.4 Å². The molecule has 1 aliphatic heterocycles. The van der Waals surface area contributed by atoms with Crippen LogP contribution < -0.4 is 0 Å². The summed E-state index contributed by atoms with van der Waals surface area (Å²) >= 11 is 0. The number of likely N-dealkylation sites (tertiary alicyclic amines) is 1. The summed E-state index contributed by atoms with van der Waals surface area (Å²) < 4.78 is 39.5. The maximum Gasteiger partial charge on any atom is 0.228 e. The molecule has 0 bridgehead atoms. The minimum absolute atomic E-state index is 0.233. The van der Waals surface area contributed by atoms with E-state index in [1.807, 2.05) is 4.57 Å². The number of ether oxygens (including phenoxy) is 2. The Bertz CT molecular complexity index is 724. The molecular weight excluding hydrogens is 390 g/mol. The van der Waals surface area contributed by atoms with Gasteiger partial charge in [0.2, 0.25) is 15.0 Å². The standard InChI is InChI=1S/C21H37N3O4S/c1-27-14-13-24-19(16-23-12-8-7-9-18(23)17-28-2)15-22-21(24)29(25,26)20-10-5-3-4-6-11-20/h15,18,20H,3-14,16-17H2,1-2H3. The normalized spacial score (nSPS) is 22.6. The zero-order valence-electron chi connectivity index (χ0n) is 18.0. The Morgan fingerprint density at radius 3 is 2.45 bits per heavy atom. The summed E-state index contributed by atoms with van der Waals surface area (Å²) in [6.07, 6.45) is 11.0. The lowest BCUT2D eigenvalue weighted by molar-refractivity contribution is 0.0580. The van der Waals surface area contributed by atoms with Crippen LogP contribution in [0, 0.1) is 0 Å². The molecular formula is C21H37N3O4S. The molecule has 2 aliphatic rings. The molecule has 0 aromatic carbocycles. The van der Waals surface area contributed by atoms with Crippen LogP contribution in [0.2, 0.25) is 0 Å². The van der Waals surface area contributed by atoms with Gasteiger partial charge in [-0.1, -0.05) is 32.1 Å². The predicted octanol–water partition coefficient (Wildman–Crippen LogP) is 3.03. The molecule has 1 unspecified atom stereocenters. The first-order valence-electron chi connectivity index (χ1n) is 11.1. The third-order valence-corrected chi connectivity index (χ3v) is 8.57. The molecule has 1 aromatic rings. The van der Waals surface area contributed by atoms with Gasteiger partial charge in [-0.25, -0.2) is 13.4 Å². The third kappa shape index (κ3) is 5.60. The summed E-state index contributed by atoms with van der Waals surface area (Å²) in [5.41, 5.74) is 0.956. The Hall–Kier alpha value is -0.960. The fourth-order valence-corrected chi connectivity index (χ4v) is 6.69. The number of sulfone groups is 1. The Balaban J connectivity index is 1.85. The minimum Gasteiger partial charge on any atom is -0.383 e. The van der Waals surface area contributed by atoms with Gasteiger partial charge in [0.05, 0.1) is 30.4 Å². The zero-order chi connectivity index (χ0) is 20.7. The molecule has 0 amide bonds. The van der Waals surface area contributed by atoms with Crippen LogP contribution in [0.15, 0.2) is 11.4 Å². The lowest BCUT2D eigenvalue weighted by Crippen LogP contribution is -2.42. The lowest BCUT2D eigenvalue weighted by Gasteiger charge is -2.35. The summed E-state index contributed by atoms with van der Waals surface area (Å²) in [6, 6.07) is 0.376. The molecule has 3 rings (SSSR count). The van der Waals surface area contributed by atoms with Crippen molar-refractivity contribution in [2.24, 2.45) is 0 Å². The van der Waals surface area contributed by atoms with E-state index in [4.69, 9.17) is 9.47 Å². The van der Waals surface area contributed by atoms with Crippen molar-refractivity contribution in [3.8, 4) is 0 Å². The maximum atomic E-state index is 13.4. The molecule has 1 atom stereocenters. The number of nitrogens with zero attached hydrogens (tertiary/aromatic N) is 3. The van der Waals surface area contributed by atoms with E-state index < -0.39 is 9.84 Å². The van der Waals surface area contributed by atoms with Crippen LogP contribution >= 0.6 is 0 Å². The van der Waals surface area contributed by atoms with Crippen LogP contribution in [0.3, 0.4) is 0 Å². The van der Waals surface area contributed by atoms with Crippen LogP contribution in [-0.4, -0.2) is 68.1 Å². The van der Waals surface area contributed by atoms with Gasteiger partial charge in [-0.05, 0) is 32.2 Å². The minimum atomic E-state index is -3.44. The van der Waals surface area contributed by atoms with Gasteiger partial charge < -0.3 is 14.0 Å². The second-order valence-corrected chi connectivity index (χ2v) is 10.5. The molecule has 2 fully saturated rings. The first kappa shape index (κ1) is 22.7. The molecule has 0 N–H and O–H groups in total. The van der Waals surface area contributed by atoms with Gasteiger partial charge in [0.25, 0.3) is 0 Å². The highest BCUT2D eigenvalue weighted by Gasteiger charge is 2.33. The van der Waals surface area contributed by atoms with E-state index in [1.54, 1.807) is 20.4 Å². The van der Waals surface area contributed by atoms with Crippen molar-refractivity contribution >= 4 is 9.84 Å². The number of hydrogen-bond donors (Lipinski definition) is 0. The number of hydrogen-bond acceptors (Lipinski definition) is 6. The summed E-state index contributed by atoms with van der Waals surface area (Å²) in [5.74, 6) is 0. The van der Waals surface area contributed by atoms with Crippen molar-refractivity contribution < 1.29 is 17.9 Å². The molecule has 1 aliphatic carbocycles. The molecule has 7 nitrogen and oxygen atoms in total. The first-order chi connectivity index (χ1) is 14.1. The molecule has 2 heterocycles. The topological polar surface area (TPSA) is 73.7 Å². The zero-order valence-corrected chi connectivity index (χ0v) is 18.8.